The number of allylic oxidation sites excluding steroid dienone is 2. The fourth-order valence-electron chi connectivity index (χ4n) is 7.01. The number of imide groups is 2. The van der Waals surface area contributed by atoms with Crippen LogP contribution < -0.4 is 9.80 Å². The number of halogens is 4. The van der Waals surface area contributed by atoms with Gasteiger partial charge in [0.15, 0.2) is 0 Å². The van der Waals surface area contributed by atoms with Gasteiger partial charge in [-0.1, -0.05) is 65.0 Å². The normalized spacial score (nSPS) is 32.8. The molecule has 0 radical (unpaired) electrons. The number of anilines is 2. The molecule has 1 saturated carbocycles. The van der Waals surface area contributed by atoms with Gasteiger partial charge in [-0.3, -0.25) is 19.2 Å². The van der Waals surface area contributed by atoms with Crippen LogP contribution in [0.25, 0.3) is 0 Å². The van der Waals surface area contributed by atoms with Gasteiger partial charge in [-0.25, -0.2) is 9.80 Å². The average Bonchev–Trinajstić information content (AvgIpc) is 3.18. The summed E-state index contributed by atoms with van der Waals surface area (Å²) in [4.78, 5) is 57.5. The van der Waals surface area contributed by atoms with Gasteiger partial charge in [0.1, 0.15) is 0 Å². The highest BCUT2D eigenvalue weighted by Gasteiger charge is 2.74. The second kappa shape index (κ2) is 7.81. The Bertz CT molecular complexity index is 1320. The molecule has 6 atom stereocenters. The van der Waals surface area contributed by atoms with Gasteiger partial charge in [0.25, 0.3) is 0 Å². The van der Waals surface area contributed by atoms with Crippen LogP contribution in [-0.4, -0.2) is 23.6 Å². The van der Waals surface area contributed by atoms with E-state index in [1.165, 1.54) is 36.4 Å². The molecule has 184 valence electrons. The fraction of sp³-hybridized carbons (Fsp3) is 0.308. The van der Waals surface area contributed by atoms with Gasteiger partial charge in [-0.2, -0.15) is 0 Å². The van der Waals surface area contributed by atoms with Gasteiger partial charge in [0.05, 0.1) is 35.0 Å². The lowest BCUT2D eigenvalue weighted by molar-refractivity contribution is -0.146. The topological polar surface area (TPSA) is 74.8 Å². The lowest BCUT2D eigenvalue weighted by atomic mass is 9.46. The number of rotatable bonds is 2. The van der Waals surface area contributed by atoms with Crippen molar-refractivity contribution < 1.29 is 19.2 Å². The quantitative estimate of drug-likeness (QED) is 0.341. The average molecular weight is 564 g/mol. The third-order valence-electron chi connectivity index (χ3n) is 8.09. The number of hydrogen-bond acceptors (Lipinski definition) is 4. The third-order valence-corrected chi connectivity index (χ3v) is 8.96. The third kappa shape index (κ3) is 3.05. The van der Waals surface area contributed by atoms with E-state index in [0.29, 0.717) is 0 Å². The summed E-state index contributed by atoms with van der Waals surface area (Å²) in [5.74, 6) is -5.49. The van der Waals surface area contributed by atoms with Crippen molar-refractivity contribution in [3.8, 4) is 0 Å². The molecule has 0 spiro atoms. The summed E-state index contributed by atoms with van der Waals surface area (Å²) in [6.45, 7) is 3.64. The van der Waals surface area contributed by atoms with Crippen LogP contribution in [0.1, 0.15) is 13.8 Å². The molecule has 10 heteroatoms. The zero-order valence-electron chi connectivity index (χ0n) is 19.0. The highest BCUT2D eigenvalue weighted by atomic mass is 35.5. The minimum Gasteiger partial charge on any atom is -0.274 e. The van der Waals surface area contributed by atoms with Gasteiger partial charge in [-0.15, -0.1) is 0 Å². The highest BCUT2D eigenvalue weighted by Crippen LogP contribution is 2.66. The number of hydrogen-bond donors (Lipinski definition) is 0. The van der Waals surface area contributed by atoms with E-state index >= 15 is 0 Å². The Morgan fingerprint density at radius 2 is 0.972 bits per heavy atom. The molecular formula is C26H18Cl4N2O4. The zero-order valence-corrected chi connectivity index (χ0v) is 22.0. The molecule has 2 saturated heterocycles. The predicted molar refractivity (Wildman–Crippen MR) is 137 cm³/mol. The number of amides is 4. The van der Waals surface area contributed by atoms with Gasteiger partial charge in [-0.05, 0) is 43.3 Å². The van der Waals surface area contributed by atoms with E-state index in [0.717, 1.165) is 15.4 Å². The molecule has 0 aromatic heterocycles. The van der Waals surface area contributed by atoms with Crippen LogP contribution in [0, 0.1) is 35.0 Å². The summed E-state index contributed by atoms with van der Waals surface area (Å²) >= 11 is 24.6. The van der Waals surface area contributed by atoms with Gasteiger partial charge >= 0.3 is 0 Å². The molecular weight excluding hydrogens is 546 g/mol. The maximum Gasteiger partial charge on any atom is 0.238 e. The summed E-state index contributed by atoms with van der Waals surface area (Å²) in [7, 11) is 0. The minimum absolute atomic E-state index is 0.274. The molecule has 6 nitrogen and oxygen atoms in total. The molecule has 2 aromatic carbocycles. The molecule has 3 aliphatic carbocycles. The van der Waals surface area contributed by atoms with Gasteiger partial charge in [0, 0.05) is 31.4 Å². The van der Waals surface area contributed by atoms with Crippen LogP contribution in [-0.2, 0) is 19.2 Å². The minimum atomic E-state index is -1.05. The second-order valence-corrected chi connectivity index (χ2v) is 11.8. The molecule has 2 unspecified atom stereocenters. The summed E-state index contributed by atoms with van der Waals surface area (Å²) < 4.78 is 0. The first-order valence-corrected chi connectivity index (χ1v) is 12.8. The van der Waals surface area contributed by atoms with Crippen LogP contribution in [0.4, 0.5) is 11.4 Å². The maximum atomic E-state index is 13.8. The monoisotopic (exact) mass is 562 g/mol. The molecule has 2 heterocycles. The predicted octanol–water partition coefficient (Wildman–Crippen LogP) is 5.81. The molecule has 2 aliphatic heterocycles. The Morgan fingerprint density at radius 3 is 1.33 bits per heavy atom. The Morgan fingerprint density at radius 1 is 0.611 bits per heavy atom. The molecule has 5 aliphatic rings. The lowest BCUT2D eigenvalue weighted by Gasteiger charge is -2.53. The van der Waals surface area contributed by atoms with E-state index in [9.17, 15) is 19.2 Å². The molecule has 2 bridgehead atoms. The van der Waals surface area contributed by atoms with Crippen molar-refractivity contribution in [3.63, 3.8) is 0 Å². The highest BCUT2D eigenvalue weighted by molar-refractivity contribution is 6.37. The van der Waals surface area contributed by atoms with Crippen molar-refractivity contribution in [2.24, 2.45) is 35.0 Å². The van der Waals surface area contributed by atoms with E-state index in [1.807, 2.05) is 13.0 Å². The number of carbonyl (C=O) groups is 4. The van der Waals surface area contributed by atoms with Crippen molar-refractivity contribution in [3.05, 3.63) is 68.1 Å². The van der Waals surface area contributed by atoms with E-state index in [2.05, 4.69) is 0 Å². The molecule has 7 rings (SSSR count). The maximum absolute atomic E-state index is 13.8. The Kier molecular flexibility index (Phi) is 5.20. The first-order chi connectivity index (χ1) is 16.9. The standard InChI is InChI=1S/C26H18Cl4N2O4/c1-10-9-26(2)20-18(22(33)31(24(20)35)15-5-11(27)3-12(28)6-15)17(10)19-21(26)25(36)32(23(19)34)16-7-13(29)4-14(30)8-16/h3-9,17-21H,1-2H3/t17?,18-,19+,20+,21-,26?. The van der Waals surface area contributed by atoms with Crippen molar-refractivity contribution in [1.29, 1.82) is 0 Å². The van der Waals surface area contributed by atoms with Crippen molar-refractivity contribution in [2.45, 2.75) is 13.8 Å². The van der Waals surface area contributed by atoms with Crippen LogP contribution in [0.2, 0.25) is 20.1 Å². The van der Waals surface area contributed by atoms with Crippen molar-refractivity contribution in [1.82, 2.24) is 0 Å². The fourth-order valence-corrected chi connectivity index (χ4v) is 8.04. The number of carbonyl (C=O) groups excluding carboxylic acids is 4. The first kappa shape index (κ1) is 24.0. The molecule has 0 N–H and O–H groups in total. The van der Waals surface area contributed by atoms with Crippen LogP contribution in [0.3, 0.4) is 0 Å². The summed E-state index contributed by atoms with van der Waals surface area (Å²) in [6.07, 6.45) is 1.90. The Labute approximate surface area is 226 Å². The largest absolute Gasteiger partial charge is 0.274 e. The molecule has 36 heavy (non-hydrogen) atoms. The summed E-state index contributed by atoms with van der Waals surface area (Å²) in [5.41, 5.74) is 0.312. The molecule has 2 aromatic rings. The van der Waals surface area contributed by atoms with Crippen LogP contribution >= 0.6 is 46.4 Å². The first-order valence-electron chi connectivity index (χ1n) is 11.3. The Balaban J connectivity index is 1.48. The van der Waals surface area contributed by atoms with Crippen LogP contribution in [0.15, 0.2) is 48.0 Å². The van der Waals surface area contributed by atoms with E-state index in [-0.39, 0.29) is 31.5 Å². The zero-order chi connectivity index (χ0) is 25.8. The SMILES string of the molecule is CC1=CC2(C)[C@@H]3C(=O)N(c4cc(Cl)cc(Cl)c4)C(=O)[C@@H]3C1[C@@H]1C(=O)N(c3cc(Cl)cc(Cl)c3)C(=O)[C@@H]12. The van der Waals surface area contributed by atoms with E-state index in [4.69, 9.17) is 46.4 Å². The van der Waals surface area contributed by atoms with E-state index in [1.54, 1.807) is 6.92 Å². The lowest BCUT2D eigenvalue weighted by Crippen LogP contribution is -2.57. The number of benzene rings is 2. The summed E-state index contributed by atoms with van der Waals surface area (Å²) in [5, 5.41) is 1.15. The van der Waals surface area contributed by atoms with Crippen molar-refractivity contribution >= 4 is 81.4 Å². The van der Waals surface area contributed by atoms with E-state index < -0.39 is 58.6 Å². The van der Waals surface area contributed by atoms with Crippen LogP contribution in [0.5, 0.6) is 0 Å². The summed E-state index contributed by atoms with van der Waals surface area (Å²) in [6, 6.07) is 9.05. The molecule has 4 amide bonds. The van der Waals surface area contributed by atoms with Gasteiger partial charge < -0.3 is 0 Å². The molecule has 3 fully saturated rings. The van der Waals surface area contributed by atoms with Crippen molar-refractivity contribution in [2.75, 3.05) is 9.80 Å². The Hall–Kier alpha value is -2.38. The van der Waals surface area contributed by atoms with Gasteiger partial charge in [0.2, 0.25) is 23.6 Å². The smallest absolute Gasteiger partial charge is 0.238 e. The second-order valence-electron chi connectivity index (χ2n) is 10.1. The number of nitrogens with zero attached hydrogens (tertiary/aromatic N) is 2.